The molecule has 0 saturated carbocycles. The molecule has 1 amide bonds. The second-order valence-electron chi connectivity index (χ2n) is 8.49. The van der Waals surface area contributed by atoms with Crippen LogP contribution in [0.5, 0.6) is 0 Å². The third-order valence-corrected chi connectivity index (χ3v) is 6.52. The van der Waals surface area contributed by atoms with Gasteiger partial charge in [-0.3, -0.25) is 4.79 Å². The summed E-state index contributed by atoms with van der Waals surface area (Å²) in [6, 6.07) is 3.94. The van der Waals surface area contributed by atoms with Gasteiger partial charge in [-0.15, -0.1) is 0 Å². The quantitative estimate of drug-likeness (QED) is 0.645. The minimum absolute atomic E-state index is 0.0660. The molecule has 0 spiro atoms. The van der Waals surface area contributed by atoms with Crippen LogP contribution in [0.2, 0.25) is 0 Å². The standard InChI is InChI=1S/C24H27NO5/c1-14-16(8-9-23(26)25-13-15-5-4-10-28-15)24(27)30-21-12-22-19(11-18(14)21)17-6-2-3-7-20(17)29-22/h11-12,15H,2-10,13H2,1H3,(H,25,26)/t15-/m1/s1. The molecule has 1 fully saturated rings. The molecular formula is C24H27NO5. The average Bonchev–Trinajstić information content (AvgIpc) is 3.38. The molecule has 30 heavy (non-hydrogen) atoms. The first-order valence-electron chi connectivity index (χ1n) is 11.0. The summed E-state index contributed by atoms with van der Waals surface area (Å²) in [5.74, 6) is 0.999. The minimum Gasteiger partial charge on any atom is -0.461 e. The van der Waals surface area contributed by atoms with Gasteiger partial charge < -0.3 is 18.9 Å². The summed E-state index contributed by atoms with van der Waals surface area (Å²) in [5.41, 5.74) is 3.72. The van der Waals surface area contributed by atoms with Crippen LogP contribution in [0.4, 0.5) is 0 Å². The van der Waals surface area contributed by atoms with Crippen molar-refractivity contribution in [3.63, 3.8) is 0 Å². The van der Waals surface area contributed by atoms with Gasteiger partial charge >= 0.3 is 5.63 Å². The molecule has 2 aliphatic rings. The Morgan fingerprint density at radius 3 is 2.77 bits per heavy atom. The smallest absolute Gasteiger partial charge is 0.339 e. The summed E-state index contributed by atoms with van der Waals surface area (Å²) >= 11 is 0. The molecule has 158 valence electrons. The predicted molar refractivity (Wildman–Crippen MR) is 114 cm³/mol. The Kier molecular flexibility index (Phi) is 5.11. The number of carbonyl (C=O) groups is 1. The molecule has 1 atom stereocenters. The van der Waals surface area contributed by atoms with Crippen molar-refractivity contribution < 1.29 is 18.4 Å². The highest BCUT2D eigenvalue weighted by molar-refractivity contribution is 5.97. The lowest BCUT2D eigenvalue weighted by atomic mass is 9.94. The Labute approximate surface area is 174 Å². The van der Waals surface area contributed by atoms with Crippen LogP contribution in [-0.4, -0.2) is 25.2 Å². The van der Waals surface area contributed by atoms with Gasteiger partial charge in [-0.2, -0.15) is 0 Å². The first-order valence-corrected chi connectivity index (χ1v) is 11.0. The highest BCUT2D eigenvalue weighted by atomic mass is 16.5. The van der Waals surface area contributed by atoms with E-state index in [0.717, 1.165) is 66.4 Å². The van der Waals surface area contributed by atoms with E-state index in [-0.39, 0.29) is 24.1 Å². The van der Waals surface area contributed by atoms with E-state index in [4.69, 9.17) is 13.6 Å². The van der Waals surface area contributed by atoms with Crippen molar-refractivity contribution in [1.82, 2.24) is 5.32 Å². The fraction of sp³-hybridized carbons (Fsp3) is 0.500. The number of aryl methyl sites for hydroxylation is 3. The molecule has 2 aromatic heterocycles. The molecule has 3 heterocycles. The Morgan fingerprint density at radius 2 is 1.93 bits per heavy atom. The van der Waals surface area contributed by atoms with E-state index in [1.165, 1.54) is 12.0 Å². The van der Waals surface area contributed by atoms with E-state index in [9.17, 15) is 9.59 Å². The largest absolute Gasteiger partial charge is 0.461 e. The van der Waals surface area contributed by atoms with Crippen LogP contribution in [0.15, 0.2) is 25.8 Å². The zero-order valence-electron chi connectivity index (χ0n) is 17.3. The third-order valence-electron chi connectivity index (χ3n) is 6.52. The maximum Gasteiger partial charge on any atom is 0.339 e. The average molecular weight is 409 g/mol. The van der Waals surface area contributed by atoms with Crippen LogP contribution >= 0.6 is 0 Å². The monoisotopic (exact) mass is 409 g/mol. The molecule has 3 aromatic rings. The zero-order chi connectivity index (χ0) is 20.7. The molecule has 1 aliphatic carbocycles. The number of rotatable bonds is 5. The van der Waals surface area contributed by atoms with Gasteiger partial charge in [0.2, 0.25) is 5.91 Å². The number of hydrogen-bond acceptors (Lipinski definition) is 5. The summed E-state index contributed by atoms with van der Waals surface area (Å²) in [6.45, 7) is 3.25. The lowest BCUT2D eigenvalue weighted by Gasteiger charge is -2.11. The van der Waals surface area contributed by atoms with Crippen LogP contribution in [0, 0.1) is 6.92 Å². The number of ether oxygens (including phenoxy) is 1. The van der Waals surface area contributed by atoms with E-state index in [1.54, 1.807) is 0 Å². The number of carbonyl (C=O) groups excluding carboxylic acids is 1. The van der Waals surface area contributed by atoms with Crippen LogP contribution in [-0.2, 0) is 28.8 Å². The lowest BCUT2D eigenvalue weighted by Crippen LogP contribution is -2.32. The highest BCUT2D eigenvalue weighted by Crippen LogP contribution is 2.35. The molecule has 1 aromatic carbocycles. The van der Waals surface area contributed by atoms with Gasteiger partial charge in [-0.05, 0) is 57.1 Å². The van der Waals surface area contributed by atoms with Gasteiger partial charge in [-0.1, -0.05) is 0 Å². The number of furan rings is 1. The van der Waals surface area contributed by atoms with Crippen molar-refractivity contribution in [2.45, 2.75) is 64.4 Å². The van der Waals surface area contributed by atoms with E-state index >= 15 is 0 Å². The predicted octanol–water partition coefficient (Wildman–Crippen LogP) is 3.95. The zero-order valence-corrected chi connectivity index (χ0v) is 17.3. The Morgan fingerprint density at radius 1 is 1.10 bits per heavy atom. The molecule has 1 saturated heterocycles. The maximum atomic E-state index is 12.6. The minimum atomic E-state index is -0.373. The number of fused-ring (bicyclic) bond motifs is 4. The number of benzene rings is 1. The molecule has 0 unspecified atom stereocenters. The second-order valence-corrected chi connectivity index (χ2v) is 8.49. The van der Waals surface area contributed by atoms with Crippen LogP contribution in [0.1, 0.15) is 54.6 Å². The Balaban J connectivity index is 1.40. The van der Waals surface area contributed by atoms with Gasteiger partial charge in [0.05, 0.1) is 6.10 Å². The number of amides is 1. The van der Waals surface area contributed by atoms with Crippen LogP contribution < -0.4 is 10.9 Å². The topological polar surface area (TPSA) is 81.7 Å². The fourth-order valence-electron chi connectivity index (χ4n) is 4.79. The van der Waals surface area contributed by atoms with E-state index < -0.39 is 0 Å². The molecule has 6 heteroatoms. The Bertz CT molecular complexity index is 1170. The summed E-state index contributed by atoms with van der Waals surface area (Å²) in [4.78, 5) is 24.9. The van der Waals surface area contributed by atoms with Gasteiger partial charge in [0.1, 0.15) is 16.9 Å². The molecular weight excluding hydrogens is 382 g/mol. The van der Waals surface area contributed by atoms with Crippen molar-refractivity contribution in [2.75, 3.05) is 13.2 Å². The maximum absolute atomic E-state index is 12.6. The number of nitrogens with one attached hydrogen (secondary N) is 1. The summed E-state index contributed by atoms with van der Waals surface area (Å²) in [7, 11) is 0. The highest BCUT2D eigenvalue weighted by Gasteiger charge is 2.21. The second kappa shape index (κ2) is 7.91. The van der Waals surface area contributed by atoms with Gasteiger partial charge in [-0.25, -0.2) is 4.79 Å². The SMILES string of the molecule is Cc1c(CCC(=O)NC[C@H]2CCCO2)c(=O)oc2cc3oc4c(c3cc12)CCCC4. The van der Waals surface area contributed by atoms with Gasteiger partial charge in [0, 0.05) is 54.0 Å². The van der Waals surface area contributed by atoms with Crippen molar-refractivity contribution in [3.05, 3.63) is 45.0 Å². The molecule has 1 aliphatic heterocycles. The fourth-order valence-corrected chi connectivity index (χ4v) is 4.79. The Hall–Kier alpha value is -2.60. The molecule has 0 bridgehead atoms. The van der Waals surface area contributed by atoms with E-state index in [1.807, 2.05) is 13.0 Å². The summed E-state index contributed by atoms with van der Waals surface area (Å²) in [6.07, 6.45) is 7.09. The normalized spacial score (nSPS) is 18.8. The summed E-state index contributed by atoms with van der Waals surface area (Å²) in [5, 5.41) is 4.96. The molecule has 0 radical (unpaired) electrons. The van der Waals surface area contributed by atoms with Crippen molar-refractivity contribution in [3.8, 4) is 0 Å². The van der Waals surface area contributed by atoms with Crippen molar-refractivity contribution in [1.29, 1.82) is 0 Å². The molecule has 5 rings (SSSR count). The van der Waals surface area contributed by atoms with Crippen LogP contribution in [0.25, 0.3) is 21.9 Å². The molecule has 6 nitrogen and oxygen atoms in total. The first-order chi connectivity index (χ1) is 14.6. The lowest BCUT2D eigenvalue weighted by molar-refractivity contribution is -0.121. The van der Waals surface area contributed by atoms with Crippen molar-refractivity contribution in [2.24, 2.45) is 0 Å². The third kappa shape index (κ3) is 3.54. The number of hydrogen-bond donors (Lipinski definition) is 1. The molecule has 1 N–H and O–H groups in total. The van der Waals surface area contributed by atoms with Crippen LogP contribution in [0.3, 0.4) is 0 Å². The van der Waals surface area contributed by atoms with Gasteiger partial charge in [0.15, 0.2) is 0 Å². The van der Waals surface area contributed by atoms with E-state index in [0.29, 0.717) is 24.1 Å². The van der Waals surface area contributed by atoms with Gasteiger partial charge in [0.25, 0.3) is 0 Å². The first kappa shape index (κ1) is 19.4. The summed E-state index contributed by atoms with van der Waals surface area (Å²) < 4.78 is 17.2. The van der Waals surface area contributed by atoms with E-state index in [2.05, 4.69) is 11.4 Å². The van der Waals surface area contributed by atoms with Crippen molar-refractivity contribution >= 4 is 27.8 Å².